The molecule has 0 aromatic heterocycles. The summed E-state index contributed by atoms with van der Waals surface area (Å²) in [5.74, 6) is 0. The first-order valence-electron chi connectivity index (χ1n) is 13.6. The van der Waals surface area contributed by atoms with Crippen molar-refractivity contribution in [2.24, 2.45) is 0 Å². The summed E-state index contributed by atoms with van der Waals surface area (Å²) in [4.78, 5) is 8.07. The molecule has 2 fully saturated rings. The number of hydrogen-bond donors (Lipinski definition) is 1. The maximum atomic E-state index is 4.25. The standard InChI is InChI=1S/C28H58N4/c1-13-15-16-17-24(29-22-18-25(3,4)30(11)26(5,6)19-22)32(14-2)23-20-27(7,8)31(12)28(9,10)21-23/h22-24,29H,13-21H2,1-12H3. The predicted octanol–water partition coefficient (Wildman–Crippen LogP) is 6.11. The van der Waals surface area contributed by atoms with Crippen molar-refractivity contribution in [2.75, 3.05) is 20.6 Å². The third-order valence-corrected chi connectivity index (χ3v) is 9.34. The van der Waals surface area contributed by atoms with E-state index < -0.39 is 0 Å². The lowest BCUT2D eigenvalue weighted by atomic mass is 9.76. The van der Waals surface area contributed by atoms with Crippen LogP contribution >= 0.6 is 0 Å². The molecule has 0 spiro atoms. The van der Waals surface area contributed by atoms with Gasteiger partial charge in [0.25, 0.3) is 0 Å². The SMILES string of the molecule is CCCCCC(NC1CC(C)(C)N(C)C(C)(C)C1)N(CC)C1CC(C)(C)N(C)C(C)(C)C1. The molecule has 0 bridgehead atoms. The van der Waals surface area contributed by atoms with Crippen LogP contribution in [0.3, 0.4) is 0 Å². The molecule has 0 saturated carbocycles. The Morgan fingerprint density at radius 3 is 1.59 bits per heavy atom. The molecule has 32 heavy (non-hydrogen) atoms. The van der Waals surface area contributed by atoms with E-state index in [1.165, 1.54) is 51.4 Å². The monoisotopic (exact) mass is 450 g/mol. The molecule has 4 heteroatoms. The van der Waals surface area contributed by atoms with Crippen LogP contribution in [0, 0.1) is 0 Å². The molecule has 2 heterocycles. The molecule has 0 aliphatic carbocycles. The third-order valence-electron chi connectivity index (χ3n) is 9.34. The molecular formula is C28H58N4. The Hall–Kier alpha value is -0.160. The molecule has 1 N–H and O–H groups in total. The molecule has 190 valence electrons. The highest BCUT2D eigenvalue weighted by Crippen LogP contribution is 2.40. The van der Waals surface area contributed by atoms with Crippen molar-refractivity contribution in [3.05, 3.63) is 0 Å². The van der Waals surface area contributed by atoms with Gasteiger partial charge in [-0.25, -0.2) is 0 Å². The van der Waals surface area contributed by atoms with Crippen LogP contribution in [-0.2, 0) is 0 Å². The Morgan fingerprint density at radius 2 is 1.19 bits per heavy atom. The van der Waals surface area contributed by atoms with E-state index in [0.717, 1.165) is 6.54 Å². The van der Waals surface area contributed by atoms with Gasteiger partial charge in [0.1, 0.15) is 0 Å². The second kappa shape index (κ2) is 10.2. The average Bonchev–Trinajstić information content (AvgIpc) is 2.64. The quantitative estimate of drug-likeness (QED) is 0.338. The molecule has 2 aliphatic rings. The Bertz CT molecular complexity index is 558. The van der Waals surface area contributed by atoms with Gasteiger partial charge in [0.2, 0.25) is 0 Å². The summed E-state index contributed by atoms with van der Waals surface area (Å²) in [6.07, 6.45) is 10.6. The fourth-order valence-corrected chi connectivity index (χ4v) is 6.98. The van der Waals surface area contributed by atoms with Crippen molar-refractivity contribution in [1.29, 1.82) is 0 Å². The highest BCUT2D eigenvalue weighted by atomic mass is 15.3. The van der Waals surface area contributed by atoms with Gasteiger partial charge in [0.05, 0.1) is 6.17 Å². The van der Waals surface area contributed by atoms with Crippen LogP contribution in [-0.4, -0.2) is 75.7 Å². The number of unbranched alkanes of at least 4 members (excludes halogenated alkanes) is 2. The zero-order valence-corrected chi connectivity index (χ0v) is 23.9. The smallest absolute Gasteiger partial charge is 0.0601 e. The van der Waals surface area contributed by atoms with Gasteiger partial charge in [-0.15, -0.1) is 0 Å². The fraction of sp³-hybridized carbons (Fsp3) is 1.00. The first-order chi connectivity index (χ1) is 14.6. The number of hydrogen-bond acceptors (Lipinski definition) is 4. The van der Waals surface area contributed by atoms with E-state index in [2.05, 4.69) is 103 Å². The minimum absolute atomic E-state index is 0.224. The molecular weight excluding hydrogens is 392 g/mol. The maximum Gasteiger partial charge on any atom is 0.0601 e. The minimum Gasteiger partial charge on any atom is -0.299 e. The lowest BCUT2D eigenvalue weighted by Crippen LogP contribution is -2.67. The summed E-state index contributed by atoms with van der Waals surface area (Å²) in [6.45, 7) is 25.3. The zero-order chi connectivity index (χ0) is 24.5. The van der Waals surface area contributed by atoms with Crippen molar-refractivity contribution in [3.8, 4) is 0 Å². The van der Waals surface area contributed by atoms with Gasteiger partial charge in [0, 0.05) is 34.2 Å². The molecule has 4 nitrogen and oxygen atoms in total. The van der Waals surface area contributed by atoms with Gasteiger partial charge in [-0.3, -0.25) is 20.0 Å². The summed E-state index contributed by atoms with van der Waals surface area (Å²) in [7, 11) is 4.64. The minimum atomic E-state index is 0.224. The maximum absolute atomic E-state index is 4.25. The summed E-state index contributed by atoms with van der Waals surface area (Å²) in [6, 6.07) is 1.21. The molecule has 1 unspecified atom stereocenters. The zero-order valence-electron chi connectivity index (χ0n) is 23.9. The van der Waals surface area contributed by atoms with E-state index in [0.29, 0.717) is 18.2 Å². The molecule has 0 amide bonds. The van der Waals surface area contributed by atoms with Crippen molar-refractivity contribution < 1.29 is 0 Å². The van der Waals surface area contributed by atoms with Gasteiger partial charge in [-0.05, 0) is 108 Å². The van der Waals surface area contributed by atoms with Gasteiger partial charge in [-0.2, -0.15) is 0 Å². The normalized spacial score (nSPS) is 27.7. The number of nitrogens with one attached hydrogen (secondary N) is 1. The Labute approximate surface area is 201 Å². The average molecular weight is 451 g/mol. The van der Waals surface area contributed by atoms with Crippen molar-refractivity contribution >= 4 is 0 Å². The van der Waals surface area contributed by atoms with Crippen LogP contribution in [0.15, 0.2) is 0 Å². The van der Waals surface area contributed by atoms with E-state index in [-0.39, 0.29) is 22.2 Å². The lowest BCUT2D eigenvalue weighted by Gasteiger charge is -2.57. The number of likely N-dealkylation sites (tertiary alicyclic amines) is 2. The molecule has 2 rings (SSSR count). The summed E-state index contributed by atoms with van der Waals surface area (Å²) >= 11 is 0. The number of rotatable bonds is 9. The number of piperidine rings is 2. The summed E-state index contributed by atoms with van der Waals surface area (Å²) < 4.78 is 0. The number of nitrogens with zero attached hydrogens (tertiary/aromatic N) is 3. The molecule has 1 atom stereocenters. The largest absolute Gasteiger partial charge is 0.299 e. The first kappa shape index (κ1) is 28.1. The van der Waals surface area contributed by atoms with Crippen molar-refractivity contribution in [1.82, 2.24) is 20.0 Å². The second-order valence-corrected chi connectivity index (χ2v) is 13.5. The fourth-order valence-electron chi connectivity index (χ4n) is 6.98. The van der Waals surface area contributed by atoms with Crippen molar-refractivity contribution in [2.45, 2.75) is 161 Å². The van der Waals surface area contributed by atoms with E-state index in [1.807, 2.05) is 0 Å². The Morgan fingerprint density at radius 1 is 0.750 bits per heavy atom. The molecule has 2 saturated heterocycles. The molecule has 2 aliphatic heterocycles. The van der Waals surface area contributed by atoms with Crippen LogP contribution in [0.4, 0.5) is 0 Å². The van der Waals surface area contributed by atoms with Crippen LogP contribution in [0.25, 0.3) is 0 Å². The molecule has 0 aromatic rings. The van der Waals surface area contributed by atoms with E-state index in [4.69, 9.17) is 0 Å². The molecule has 0 aromatic carbocycles. The predicted molar refractivity (Wildman–Crippen MR) is 141 cm³/mol. The Balaban J connectivity index is 2.26. The highest BCUT2D eigenvalue weighted by molar-refractivity contribution is 5.04. The summed E-state index contributed by atoms with van der Waals surface area (Å²) in [5.41, 5.74) is 0.903. The summed E-state index contributed by atoms with van der Waals surface area (Å²) in [5, 5.41) is 4.25. The van der Waals surface area contributed by atoms with Gasteiger partial charge < -0.3 is 0 Å². The van der Waals surface area contributed by atoms with Crippen molar-refractivity contribution in [3.63, 3.8) is 0 Å². The Kier molecular flexibility index (Phi) is 8.97. The van der Waals surface area contributed by atoms with Gasteiger partial charge in [0.15, 0.2) is 0 Å². The first-order valence-corrected chi connectivity index (χ1v) is 13.6. The van der Waals surface area contributed by atoms with E-state index in [1.54, 1.807) is 0 Å². The third kappa shape index (κ3) is 6.29. The van der Waals surface area contributed by atoms with Crippen LogP contribution in [0.1, 0.15) is 121 Å². The highest BCUT2D eigenvalue weighted by Gasteiger charge is 2.47. The van der Waals surface area contributed by atoms with Crippen LogP contribution in [0.2, 0.25) is 0 Å². The topological polar surface area (TPSA) is 21.8 Å². The molecule has 0 radical (unpaired) electrons. The van der Waals surface area contributed by atoms with Crippen LogP contribution in [0.5, 0.6) is 0 Å². The van der Waals surface area contributed by atoms with Gasteiger partial charge >= 0.3 is 0 Å². The lowest BCUT2D eigenvalue weighted by molar-refractivity contribution is -0.0671. The van der Waals surface area contributed by atoms with E-state index >= 15 is 0 Å². The van der Waals surface area contributed by atoms with Gasteiger partial charge in [-0.1, -0.05) is 33.1 Å². The van der Waals surface area contributed by atoms with Crippen LogP contribution < -0.4 is 5.32 Å². The van der Waals surface area contributed by atoms with E-state index in [9.17, 15) is 0 Å². The second-order valence-electron chi connectivity index (χ2n) is 13.5.